The fourth-order valence-corrected chi connectivity index (χ4v) is 3.48. The Balaban J connectivity index is 1.83. The standard InChI is InChI=1S/C15H20ClNO3S/c1-19-7-8-20-6-4-15(18)17-13-5-9-21-14-3-2-11(16)10-12(13)14/h2-3,10,13H,4-9H2,1H3,(H,17,18)/t13-/m1/s1. The van der Waals surface area contributed by atoms with Gasteiger partial charge >= 0.3 is 0 Å². The van der Waals surface area contributed by atoms with E-state index in [-0.39, 0.29) is 11.9 Å². The van der Waals surface area contributed by atoms with Crippen LogP contribution in [0.25, 0.3) is 0 Å². The van der Waals surface area contributed by atoms with Crippen LogP contribution >= 0.6 is 23.4 Å². The van der Waals surface area contributed by atoms with Gasteiger partial charge < -0.3 is 14.8 Å². The minimum absolute atomic E-state index is 0.00948. The molecular weight excluding hydrogens is 310 g/mol. The molecule has 0 fully saturated rings. The van der Waals surface area contributed by atoms with Crippen LogP contribution in [0.5, 0.6) is 0 Å². The molecule has 4 nitrogen and oxygen atoms in total. The van der Waals surface area contributed by atoms with E-state index in [2.05, 4.69) is 5.32 Å². The zero-order chi connectivity index (χ0) is 15.1. The van der Waals surface area contributed by atoms with Crippen LogP contribution in [0, 0.1) is 0 Å². The number of benzene rings is 1. The molecule has 0 saturated carbocycles. The molecule has 2 rings (SSSR count). The van der Waals surface area contributed by atoms with Gasteiger partial charge in [0.05, 0.1) is 25.9 Å². The molecule has 0 aliphatic carbocycles. The van der Waals surface area contributed by atoms with Crippen molar-refractivity contribution in [3.63, 3.8) is 0 Å². The van der Waals surface area contributed by atoms with E-state index in [4.69, 9.17) is 21.1 Å². The molecule has 6 heteroatoms. The molecule has 116 valence electrons. The fraction of sp³-hybridized carbons (Fsp3) is 0.533. The summed E-state index contributed by atoms with van der Waals surface area (Å²) in [6, 6.07) is 5.91. The highest BCUT2D eigenvalue weighted by Gasteiger charge is 2.22. The first kappa shape index (κ1) is 16.6. The number of rotatable bonds is 7. The lowest BCUT2D eigenvalue weighted by Crippen LogP contribution is -2.31. The molecule has 1 aliphatic rings. The third-order valence-corrected chi connectivity index (χ3v) is 4.61. The van der Waals surface area contributed by atoms with E-state index in [0.29, 0.717) is 31.3 Å². The number of carbonyl (C=O) groups is 1. The van der Waals surface area contributed by atoms with Crippen LogP contribution in [0.2, 0.25) is 5.02 Å². The molecule has 1 heterocycles. The molecule has 0 aromatic heterocycles. The Bertz CT molecular complexity index is 484. The summed E-state index contributed by atoms with van der Waals surface area (Å²) >= 11 is 7.86. The molecule has 1 aromatic rings. The number of hydrogen-bond acceptors (Lipinski definition) is 4. The average molecular weight is 330 g/mol. The first-order chi connectivity index (χ1) is 10.2. The lowest BCUT2D eigenvalue weighted by molar-refractivity contribution is -0.123. The highest BCUT2D eigenvalue weighted by atomic mass is 35.5. The summed E-state index contributed by atoms with van der Waals surface area (Å²) in [5, 5.41) is 3.78. The molecule has 1 amide bonds. The highest BCUT2D eigenvalue weighted by molar-refractivity contribution is 7.99. The third kappa shape index (κ3) is 5.18. The molecule has 0 radical (unpaired) electrons. The SMILES string of the molecule is COCCOCCC(=O)N[C@@H]1CCSc2ccc(Cl)cc21. The van der Waals surface area contributed by atoms with Crippen molar-refractivity contribution in [2.24, 2.45) is 0 Å². The fourth-order valence-electron chi connectivity index (χ4n) is 2.19. The van der Waals surface area contributed by atoms with Crippen LogP contribution in [0.4, 0.5) is 0 Å². The molecule has 1 aliphatic heterocycles. The Hall–Kier alpha value is -0.750. The highest BCUT2D eigenvalue weighted by Crippen LogP contribution is 2.37. The van der Waals surface area contributed by atoms with Crippen LogP contribution in [0.15, 0.2) is 23.1 Å². The smallest absolute Gasteiger partial charge is 0.222 e. The summed E-state index contributed by atoms with van der Waals surface area (Å²) in [7, 11) is 1.62. The van der Waals surface area contributed by atoms with Gasteiger partial charge in [0.25, 0.3) is 0 Å². The van der Waals surface area contributed by atoms with Crippen LogP contribution in [0.1, 0.15) is 24.4 Å². The van der Waals surface area contributed by atoms with Gasteiger partial charge in [0, 0.05) is 29.2 Å². The second-order valence-corrected chi connectivity index (χ2v) is 6.37. The maximum absolute atomic E-state index is 12.0. The Kier molecular flexibility index (Phi) is 6.83. The maximum atomic E-state index is 12.0. The molecule has 1 N–H and O–H groups in total. The Labute approximate surface area is 134 Å². The van der Waals surface area contributed by atoms with Crippen molar-refractivity contribution in [3.8, 4) is 0 Å². The number of carbonyl (C=O) groups excluding carboxylic acids is 1. The van der Waals surface area contributed by atoms with Gasteiger partial charge in [0.2, 0.25) is 5.91 Å². The number of thioether (sulfide) groups is 1. The number of hydrogen-bond donors (Lipinski definition) is 1. The minimum atomic E-state index is 0.00948. The van der Waals surface area contributed by atoms with E-state index in [9.17, 15) is 4.79 Å². The van der Waals surface area contributed by atoms with Crippen LogP contribution < -0.4 is 5.32 Å². The second-order valence-electron chi connectivity index (χ2n) is 4.79. The summed E-state index contributed by atoms with van der Waals surface area (Å²) in [6.45, 7) is 1.48. The molecule has 1 aromatic carbocycles. The van der Waals surface area contributed by atoms with Crippen LogP contribution in [-0.2, 0) is 14.3 Å². The van der Waals surface area contributed by atoms with Crippen molar-refractivity contribution in [3.05, 3.63) is 28.8 Å². The zero-order valence-corrected chi connectivity index (χ0v) is 13.6. The predicted molar refractivity (Wildman–Crippen MR) is 85.0 cm³/mol. The van der Waals surface area contributed by atoms with Crippen molar-refractivity contribution in [1.82, 2.24) is 5.32 Å². The lowest BCUT2D eigenvalue weighted by Gasteiger charge is -2.26. The lowest BCUT2D eigenvalue weighted by atomic mass is 10.0. The predicted octanol–water partition coefficient (Wildman–Crippen LogP) is 3.05. The summed E-state index contributed by atoms with van der Waals surface area (Å²) in [4.78, 5) is 13.2. The van der Waals surface area contributed by atoms with Crippen molar-refractivity contribution >= 4 is 29.3 Å². The summed E-state index contributed by atoms with van der Waals surface area (Å²) in [6.07, 6.45) is 1.29. The van der Waals surface area contributed by atoms with Crippen molar-refractivity contribution in [2.45, 2.75) is 23.8 Å². The van der Waals surface area contributed by atoms with Crippen molar-refractivity contribution < 1.29 is 14.3 Å². The number of fused-ring (bicyclic) bond motifs is 1. The van der Waals surface area contributed by atoms with E-state index >= 15 is 0 Å². The van der Waals surface area contributed by atoms with Gasteiger partial charge in [-0.2, -0.15) is 0 Å². The molecule has 0 unspecified atom stereocenters. The van der Waals surface area contributed by atoms with Crippen LogP contribution in [-0.4, -0.2) is 38.6 Å². The summed E-state index contributed by atoms with van der Waals surface area (Å²) in [5.74, 6) is 1.01. The minimum Gasteiger partial charge on any atom is -0.382 e. The first-order valence-corrected chi connectivity index (χ1v) is 8.35. The normalized spacial score (nSPS) is 17.3. The van der Waals surface area contributed by atoms with Gasteiger partial charge in [-0.3, -0.25) is 4.79 Å². The zero-order valence-electron chi connectivity index (χ0n) is 12.1. The number of ether oxygens (including phenoxy) is 2. The Morgan fingerprint density at radius 1 is 1.43 bits per heavy atom. The number of nitrogens with one attached hydrogen (secondary N) is 1. The van der Waals surface area contributed by atoms with Gasteiger partial charge in [-0.1, -0.05) is 11.6 Å². The van der Waals surface area contributed by atoms with E-state index in [0.717, 1.165) is 17.7 Å². The van der Waals surface area contributed by atoms with Gasteiger partial charge in [0.1, 0.15) is 0 Å². The quantitative estimate of drug-likeness (QED) is 0.781. The topological polar surface area (TPSA) is 47.6 Å². The number of amides is 1. The molecule has 0 spiro atoms. The Morgan fingerprint density at radius 3 is 3.10 bits per heavy atom. The number of halogens is 1. The van der Waals surface area contributed by atoms with Gasteiger partial charge in [-0.05, 0) is 30.2 Å². The second kappa shape index (κ2) is 8.63. The van der Waals surface area contributed by atoms with Gasteiger partial charge in [-0.25, -0.2) is 0 Å². The van der Waals surface area contributed by atoms with Gasteiger partial charge in [-0.15, -0.1) is 11.8 Å². The molecular formula is C15H20ClNO3S. The maximum Gasteiger partial charge on any atom is 0.222 e. The van der Waals surface area contributed by atoms with E-state index in [1.54, 1.807) is 18.9 Å². The van der Waals surface area contributed by atoms with E-state index < -0.39 is 0 Å². The largest absolute Gasteiger partial charge is 0.382 e. The number of methoxy groups -OCH3 is 1. The monoisotopic (exact) mass is 329 g/mol. The first-order valence-electron chi connectivity index (χ1n) is 6.99. The van der Waals surface area contributed by atoms with E-state index in [1.807, 2.05) is 18.2 Å². The summed E-state index contributed by atoms with van der Waals surface area (Å²) in [5.41, 5.74) is 1.12. The average Bonchev–Trinajstić information content (AvgIpc) is 2.48. The summed E-state index contributed by atoms with van der Waals surface area (Å²) < 4.78 is 10.2. The molecule has 1 atom stereocenters. The molecule has 21 heavy (non-hydrogen) atoms. The molecule has 0 bridgehead atoms. The van der Waals surface area contributed by atoms with E-state index in [1.165, 1.54) is 4.90 Å². The molecule has 0 saturated heterocycles. The van der Waals surface area contributed by atoms with Crippen molar-refractivity contribution in [2.75, 3.05) is 32.7 Å². The van der Waals surface area contributed by atoms with Gasteiger partial charge in [0.15, 0.2) is 0 Å². The van der Waals surface area contributed by atoms with Crippen LogP contribution in [0.3, 0.4) is 0 Å². The third-order valence-electron chi connectivity index (χ3n) is 3.25. The Morgan fingerprint density at radius 2 is 2.29 bits per heavy atom. The van der Waals surface area contributed by atoms with Crippen molar-refractivity contribution in [1.29, 1.82) is 0 Å².